The summed E-state index contributed by atoms with van der Waals surface area (Å²) in [5, 5.41) is 10.8. The second-order valence-electron chi connectivity index (χ2n) is 16.8. The van der Waals surface area contributed by atoms with Crippen molar-refractivity contribution in [1.29, 1.82) is 0 Å². The third kappa shape index (κ3) is 16.1. The van der Waals surface area contributed by atoms with Crippen LogP contribution in [0.1, 0.15) is 121 Å². The summed E-state index contributed by atoms with van der Waals surface area (Å²) in [6.07, 6.45) is 10.8. The predicted molar refractivity (Wildman–Crippen MR) is 235 cm³/mol. The van der Waals surface area contributed by atoms with Gasteiger partial charge >= 0.3 is 23.9 Å². The van der Waals surface area contributed by atoms with Crippen LogP contribution in [0.4, 0.5) is 4.39 Å². The molecule has 2 aromatic rings. The number of ether oxygens (including phenoxy) is 5. The summed E-state index contributed by atoms with van der Waals surface area (Å²) in [7, 11) is 0. The van der Waals surface area contributed by atoms with Crippen molar-refractivity contribution >= 4 is 23.9 Å². The number of esters is 4. The minimum absolute atomic E-state index is 0.0692. The fourth-order valence-electron chi connectivity index (χ4n) is 7.23. The van der Waals surface area contributed by atoms with Gasteiger partial charge in [-0.1, -0.05) is 71.1 Å². The molecule has 1 fully saturated rings. The van der Waals surface area contributed by atoms with Crippen LogP contribution < -0.4 is 4.74 Å². The molecule has 0 amide bonds. The Hall–Kier alpha value is -5.03. The van der Waals surface area contributed by atoms with Gasteiger partial charge in [-0.05, 0) is 131 Å². The molecular weight excluding hydrogens is 780 g/mol. The van der Waals surface area contributed by atoms with E-state index in [0.29, 0.717) is 59.6 Å². The molecule has 10 nitrogen and oxygen atoms in total. The maximum absolute atomic E-state index is 16.4. The summed E-state index contributed by atoms with van der Waals surface area (Å²) in [5.74, 6) is -1.38. The monoisotopic (exact) mass is 846 g/mol. The van der Waals surface area contributed by atoms with Crippen molar-refractivity contribution < 1.29 is 52.4 Å². The molecule has 0 aliphatic heterocycles. The lowest BCUT2D eigenvalue weighted by atomic mass is 9.77. The minimum Gasteiger partial charge on any atom is -0.492 e. The maximum Gasteiger partial charge on any atom is 0.333 e. The second-order valence-corrected chi connectivity index (χ2v) is 16.8. The van der Waals surface area contributed by atoms with Gasteiger partial charge in [0.1, 0.15) is 31.4 Å². The number of hydrogen-bond acceptors (Lipinski definition) is 10. The van der Waals surface area contributed by atoms with Gasteiger partial charge in [0.15, 0.2) is 0 Å². The lowest BCUT2D eigenvalue weighted by molar-refractivity contribution is -0.153. The molecule has 3 rings (SSSR count). The van der Waals surface area contributed by atoms with Crippen molar-refractivity contribution in [1.82, 2.24) is 0 Å². The SMILES string of the molecule is C=C(C)C(=O)OCCCc1cc(-c2ccc(C3CCC(CCCCC)CC3)cc2F)cc(CCCOC(=O)C(=C)C)c1OCC(CO)(COC(=O)C(=C)C)COC(=O)C(=C)C. The molecule has 334 valence electrons. The first kappa shape index (κ1) is 50.3. The van der Waals surface area contributed by atoms with Crippen molar-refractivity contribution in [3.05, 3.63) is 101 Å². The molecular formula is C50H67FO10. The summed E-state index contributed by atoms with van der Waals surface area (Å²) in [5.41, 5.74) is 2.66. The van der Waals surface area contributed by atoms with Crippen LogP contribution in [0.3, 0.4) is 0 Å². The number of aliphatic hydroxyl groups is 1. The Morgan fingerprint density at radius 1 is 0.689 bits per heavy atom. The first-order valence-electron chi connectivity index (χ1n) is 21.5. The highest BCUT2D eigenvalue weighted by atomic mass is 19.1. The van der Waals surface area contributed by atoms with Crippen LogP contribution in [-0.4, -0.2) is 68.6 Å². The Balaban J connectivity index is 2.07. The lowest BCUT2D eigenvalue weighted by Crippen LogP contribution is -2.43. The number of hydrogen-bond donors (Lipinski definition) is 1. The van der Waals surface area contributed by atoms with E-state index in [1.54, 1.807) is 19.9 Å². The fraction of sp³-hybridized carbons (Fsp3) is 0.520. The van der Waals surface area contributed by atoms with Gasteiger partial charge in [-0.25, -0.2) is 23.6 Å². The zero-order valence-electron chi connectivity index (χ0n) is 37.1. The van der Waals surface area contributed by atoms with Crippen LogP contribution in [0.25, 0.3) is 11.1 Å². The predicted octanol–water partition coefficient (Wildman–Crippen LogP) is 10.0. The zero-order valence-corrected chi connectivity index (χ0v) is 37.1. The van der Waals surface area contributed by atoms with Crippen LogP contribution in [0, 0.1) is 17.2 Å². The second kappa shape index (κ2) is 25.0. The summed E-state index contributed by atoms with van der Waals surface area (Å²) in [6, 6.07) is 9.18. The van der Waals surface area contributed by atoms with Gasteiger partial charge in [-0.15, -0.1) is 0 Å². The summed E-state index contributed by atoms with van der Waals surface area (Å²) in [4.78, 5) is 49.4. The van der Waals surface area contributed by atoms with Crippen molar-refractivity contribution in [2.45, 2.75) is 118 Å². The molecule has 0 aromatic heterocycles. The number of unbranched alkanes of at least 4 members (excludes halogenated alkanes) is 2. The minimum atomic E-state index is -1.42. The average molecular weight is 847 g/mol. The molecule has 61 heavy (non-hydrogen) atoms. The lowest BCUT2D eigenvalue weighted by Gasteiger charge is -2.31. The normalized spacial score (nSPS) is 15.0. The first-order valence-corrected chi connectivity index (χ1v) is 21.5. The number of rotatable bonds is 26. The van der Waals surface area contributed by atoms with E-state index in [9.17, 15) is 24.3 Å². The van der Waals surface area contributed by atoms with Crippen LogP contribution in [0.15, 0.2) is 78.9 Å². The Bertz CT molecular complexity index is 1800. The number of halogens is 1. The van der Waals surface area contributed by atoms with Gasteiger partial charge in [0, 0.05) is 27.9 Å². The van der Waals surface area contributed by atoms with Gasteiger partial charge in [0.25, 0.3) is 0 Å². The number of aryl methyl sites for hydroxylation is 2. The van der Waals surface area contributed by atoms with Gasteiger partial charge in [-0.2, -0.15) is 0 Å². The smallest absolute Gasteiger partial charge is 0.333 e. The van der Waals surface area contributed by atoms with E-state index in [1.807, 2.05) is 24.3 Å². The number of carbonyl (C=O) groups is 4. The molecule has 0 heterocycles. The Labute approximate surface area is 362 Å². The molecule has 0 spiro atoms. The Kier molecular flexibility index (Phi) is 20.7. The van der Waals surface area contributed by atoms with Crippen LogP contribution in [-0.2, 0) is 51.0 Å². The average Bonchev–Trinajstić information content (AvgIpc) is 3.23. The van der Waals surface area contributed by atoms with Crippen molar-refractivity contribution in [3.8, 4) is 16.9 Å². The number of aliphatic hydroxyl groups excluding tert-OH is 1. The Morgan fingerprint density at radius 3 is 1.62 bits per heavy atom. The quantitative estimate of drug-likeness (QED) is 0.0422. The summed E-state index contributed by atoms with van der Waals surface area (Å²) in [6.45, 7) is 21.3. The van der Waals surface area contributed by atoms with E-state index in [1.165, 1.54) is 39.5 Å². The third-order valence-corrected chi connectivity index (χ3v) is 11.0. The molecule has 2 aromatic carbocycles. The highest BCUT2D eigenvalue weighted by Gasteiger charge is 2.36. The molecule has 1 N–H and O–H groups in total. The summed E-state index contributed by atoms with van der Waals surface area (Å²) >= 11 is 0. The zero-order chi connectivity index (χ0) is 45.1. The van der Waals surface area contributed by atoms with Crippen LogP contribution in [0.5, 0.6) is 5.75 Å². The molecule has 0 radical (unpaired) electrons. The number of carbonyl (C=O) groups excluding carboxylic acids is 4. The molecule has 1 saturated carbocycles. The Morgan fingerprint density at radius 2 is 1.18 bits per heavy atom. The molecule has 1 aliphatic carbocycles. The van der Waals surface area contributed by atoms with Gasteiger partial charge in [0.2, 0.25) is 0 Å². The molecule has 0 atom stereocenters. The van der Waals surface area contributed by atoms with E-state index >= 15 is 4.39 Å². The standard InChI is InChI=1S/C50H67FO10/c1-10-11-12-15-37-18-20-38(21-19-37)39-22-23-43(44(51)28-39)42-26-40(16-13-24-57-46(53)33(2)3)45(41(27-42)17-14-25-58-47(54)34(4)5)59-30-50(29-52,31-60-48(55)35(6)7)32-61-49(56)36(8)9/h22-23,26-28,37-38,52H,2,4,6,8,10-21,24-25,29-32H2,1,3,5,7,9H3. The number of benzene rings is 2. The van der Waals surface area contributed by atoms with E-state index in [-0.39, 0.29) is 61.1 Å². The van der Waals surface area contributed by atoms with E-state index in [0.717, 1.165) is 37.2 Å². The summed E-state index contributed by atoms with van der Waals surface area (Å²) < 4.78 is 44.7. The van der Waals surface area contributed by atoms with Gasteiger partial charge in [-0.3, -0.25) is 0 Å². The molecule has 0 bridgehead atoms. The van der Waals surface area contributed by atoms with E-state index in [4.69, 9.17) is 23.7 Å². The van der Waals surface area contributed by atoms with Crippen molar-refractivity contribution in [2.24, 2.45) is 11.3 Å². The van der Waals surface area contributed by atoms with Crippen LogP contribution in [0.2, 0.25) is 0 Å². The van der Waals surface area contributed by atoms with Gasteiger partial charge < -0.3 is 28.8 Å². The highest BCUT2D eigenvalue weighted by Crippen LogP contribution is 2.40. The molecule has 0 saturated heterocycles. The van der Waals surface area contributed by atoms with Gasteiger partial charge in [0.05, 0.1) is 25.2 Å². The van der Waals surface area contributed by atoms with E-state index in [2.05, 4.69) is 33.2 Å². The fourth-order valence-corrected chi connectivity index (χ4v) is 7.23. The van der Waals surface area contributed by atoms with Crippen molar-refractivity contribution in [3.63, 3.8) is 0 Å². The van der Waals surface area contributed by atoms with Crippen LogP contribution >= 0.6 is 0 Å². The molecule has 0 unspecified atom stereocenters. The topological polar surface area (TPSA) is 135 Å². The highest BCUT2D eigenvalue weighted by molar-refractivity contribution is 5.88. The third-order valence-electron chi connectivity index (χ3n) is 11.0. The molecule has 11 heteroatoms. The van der Waals surface area contributed by atoms with E-state index < -0.39 is 35.9 Å². The first-order chi connectivity index (χ1) is 29.0. The molecule has 1 aliphatic rings. The largest absolute Gasteiger partial charge is 0.492 e. The van der Waals surface area contributed by atoms with Crippen molar-refractivity contribution in [2.75, 3.05) is 39.6 Å². The maximum atomic E-state index is 16.4.